The van der Waals surface area contributed by atoms with Gasteiger partial charge in [-0.3, -0.25) is 19.2 Å². The van der Waals surface area contributed by atoms with Crippen LogP contribution in [0, 0.1) is 30.6 Å². The maximum absolute atomic E-state index is 13.6. The van der Waals surface area contributed by atoms with E-state index in [-0.39, 0.29) is 53.2 Å². The van der Waals surface area contributed by atoms with E-state index < -0.39 is 0 Å². The lowest BCUT2D eigenvalue weighted by atomic mass is 9.70. The van der Waals surface area contributed by atoms with Crippen LogP contribution in [0.15, 0.2) is 6.07 Å². The number of hydrogen-bond donors (Lipinski definition) is 0. The molecule has 37 heavy (non-hydrogen) atoms. The van der Waals surface area contributed by atoms with Crippen molar-refractivity contribution < 1.29 is 19.2 Å². The van der Waals surface area contributed by atoms with Gasteiger partial charge in [0.1, 0.15) is 17.3 Å². The third-order valence-corrected chi connectivity index (χ3v) is 8.15. The first-order chi connectivity index (χ1) is 17.4. The van der Waals surface area contributed by atoms with Gasteiger partial charge in [-0.05, 0) is 85.5 Å². The van der Waals surface area contributed by atoms with Crippen LogP contribution in [0.1, 0.15) is 138 Å². The smallest absolute Gasteiger partial charge is 0.163 e. The second-order valence-corrected chi connectivity index (χ2v) is 12.2. The molecule has 0 saturated heterocycles. The van der Waals surface area contributed by atoms with Crippen LogP contribution in [0.25, 0.3) is 0 Å². The van der Waals surface area contributed by atoms with Gasteiger partial charge >= 0.3 is 0 Å². The van der Waals surface area contributed by atoms with Crippen molar-refractivity contribution in [3.8, 4) is 0 Å². The van der Waals surface area contributed by atoms with Crippen LogP contribution in [-0.4, -0.2) is 23.1 Å². The highest BCUT2D eigenvalue weighted by molar-refractivity contribution is 6.01. The van der Waals surface area contributed by atoms with Gasteiger partial charge in [-0.2, -0.15) is 0 Å². The van der Waals surface area contributed by atoms with Gasteiger partial charge in [-0.15, -0.1) is 0 Å². The quantitative estimate of drug-likeness (QED) is 0.226. The summed E-state index contributed by atoms with van der Waals surface area (Å²) in [7, 11) is 0. The van der Waals surface area contributed by atoms with Crippen molar-refractivity contribution in [2.45, 2.75) is 126 Å². The molecule has 0 N–H and O–H groups in total. The summed E-state index contributed by atoms with van der Waals surface area (Å²) in [5.74, 6) is 1.45. The molecule has 0 fully saturated rings. The van der Waals surface area contributed by atoms with Crippen molar-refractivity contribution >= 4 is 23.1 Å². The van der Waals surface area contributed by atoms with E-state index in [2.05, 4.69) is 47.6 Å². The second kappa shape index (κ2) is 14.2. The molecule has 1 aliphatic carbocycles. The van der Waals surface area contributed by atoms with E-state index in [1.807, 2.05) is 6.92 Å². The Morgan fingerprint density at radius 3 is 2.27 bits per heavy atom. The predicted octanol–water partition coefficient (Wildman–Crippen LogP) is 7.79. The molecule has 0 radical (unpaired) electrons. The first-order valence-electron chi connectivity index (χ1n) is 14.6. The van der Waals surface area contributed by atoms with Crippen molar-refractivity contribution in [2.75, 3.05) is 0 Å². The fourth-order valence-electron chi connectivity index (χ4n) is 6.49. The number of carbonyl (C=O) groups is 4. The molecule has 3 unspecified atom stereocenters. The van der Waals surface area contributed by atoms with Crippen molar-refractivity contribution in [3.63, 3.8) is 0 Å². The predicted molar refractivity (Wildman–Crippen MR) is 151 cm³/mol. The molecule has 0 aromatic heterocycles. The van der Waals surface area contributed by atoms with E-state index >= 15 is 0 Å². The number of rotatable bonds is 15. The lowest BCUT2D eigenvalue weighted by Gasteiger charge is -2.33. The normalized spacial score (nSPS) is 17.1. The maximum atomic E-state index is 13.6. The van der Waals surface area contributed by atoms with Crippen molar-refractivity contribution in [1.82, 2.24) is 0 Å². The van der Waals surface area contributed by atoms with Crippen LogP contribution in [0.4, 0.5) is 0 Å². The average Bonchev–Trinajstić information content (AvgIpc) is 2.77. The zero-order valence-corrected chi connectivity index (χ0v) is 24.7. The maximum Gasteiger partial charge on any atom is 0.163 e. The molecule has 0 heterocycles. The number of Topliss-reactive ketones (excluding diaryl/α,β-unsaturated/α-hetero) is 4. The largest absolute Gasteiger partial charge is 0.300 e. The number of ketones is 4. The van der Waals surface area contributed by atoms with E-state index in [4.69, 9.17) is 0 Å². The highest BCUT2D eigenvalue weighted by Gasteiger charge is 2.34. The highest BCUT2D eigenvalue weighted by Crippen LogP contribution is 2.40. The van der Waals surface area contributed by atoms with E-state index in [0.29, 0.717) is 31.6 Å². The molecule has 0 spiro atoms. The van der Waals surface area contributed by atoms with Crippen molar-refractivity contribution in [1.29, 1.82) is 0 Å². The molecule has 206 valence electrons. The standard InChI is InChI=1S/C33H50O4/c1-9-11-26(28(10-2)31(36)15-22(7)34)16-24-17-30-29(21(5)6)19-25(12-13-27(35)14-20(3)4)23(8)33(30)32(37)18-24/h19-21,24,26,28H,9-18H2,1-8H3. The van der Waals surface area contributed by atoms with Crippen LogP contribution in [0.5, 0.6) is 0 Å². The van der Waals surface area contributed by atoms with E-state index in [1.165, 1.54) is 18.1 Å². The van der Waals surface area contributed by atoms with E-state index in [0.717, 1.165) is 48.8 Å². The van der Waals surface area contributed by atoms with Gasteiger partial charge < -0.3 is 0 Å². The Bertz CT molecular complexity index is 985. The van der Waals surface area contributed by atoms with E-state index in [1.54, 1.807) is 0 Å². The molecule has 4 nitrogen and oxygen atoms in total. The summed E-state index contributed by atoms with van der Waals surface area (Å²) in [6, 6.07) is 2.26. The zero-order chi connectivity index (χ0) is 27.9. The Balaban J connectivity index is 2.34. The van der Waals surface area contributed by atoms with Gasteiger partial charge in [0.2, 0.25) is 0 Å². The Morgan fingerprint density at radius 2 is 1.73 bits per heavy atom. The average molecular weight is 511 g/mol. The van der Waals surface area contributed by atoms with Gasteiger partial charge in [0.15, 0.2) is 5.78 Å². The summed E-state index contributed by atoms with van der Waals surface area (Å²) in [4.78, 5) is 50.5. The molecule has 0 amide bonds. The zero-order valence-electron chi connectivity index (χ0n) is 24.7. The van der Waals surface area contributed by atoms with Gasteiger partial charge in [0, 0.05) is 30.7 Å². The summed E-state index contributed by atoms with van der Waals surface area (Å²) in [5.41, 5.74) is 5.49. The number of fused-ring (bicyclic) bond motifs is 1. The Hall–Kier alpha value is -2.10. The third-order valence-electron chi connectivity index (χ3n) is 8.15. The number of hydrogen-bond acceptors (Lipinski definition) is 4. The summed E-state index contributed by atoms with van der Waals surface area (Å²) in [6.45, 7) is 16.2. The SMILES string of the molecule is CCCC(CC1CC(=O)c2c(C)c(CCC(=O)CC(C)C)cc(C(C)C)c2C1)C(CC)C(=O)CC(C)=O. The Morgan fingerprint density at radius 1 is 1.05 bits per heavy atom. The van der Waals surface area contributed by atoms with Gasteiger partial charge in [0.05, 0.1) is 6.42 Å². The molecular weight excluding hydrogens is 460 g/mol. The third kappa shape index (κ3) is 8.45. The first kappa shape index (κ1) is 31.1. The summed E-state index contributed by atoms with van der Waals surface area (Å²) < 4.78 is 0. The minimum atomic E-state index is -0.114. The first-order valence-corrected chi connectivity index (χ1v) is 14.6. The van der Waals surface area contributed by atoms with Gasteiger partial charge in [-0.1, -0.05) is 60.5 Å². The second-order valence-electron chi connectivity index (χ2n) is 12.2. The Kier molecular flexibility index (Phi) is 11.9. The van der Waals surface area contributed by atoms with Crippen molar-refractivity contribution in [2.24, 2.45) is 23.7 Å². The van der Waals surface area contributed by atoms with Gasteiger partial charge in [0.25, 0.3) is 0 Å². The van der Waals surface area contributed by atoms with Crippen LogP contribution < -0.4 is 0 Å². The monoisotopic (exact) mass is 510 g/mol. The molecule has 1 aliphatic rings. The molecule has 3 atom stereocenters. The molecule has 0 bridgehead atoms. The minimum absolute atomic E-state index is 0.0181. The lowest BCUT2D eigenvalue weighted by molar-refractivity contribution is -0.130. The summed E-state index contributed by atoms with van der Waals surface area (Å²) in [6.07, 6.45) is 6.73. The number of carbonyl (C=O) groups excluding carboxylic acids is 4. The van der Waals surface area contributed by atoms with Gasteiger partial charge in [-0.25, -0.2) is 0 Å². The number of aryl methyl sites for hydroxylation is 1. The fraction of sp³-hybridized carbons (Fsp3) is 0.697. The Labute approximate surface area is 225 Å². The fourth-order valence-corrected chi connectivity index (χ4v) is 6.49. The topological polar surface area (TPSA) is 68.3 Å². The summed E-state index contributed by atoms with van der Waals surface area (Å²) >= 11 is 0. The summed E-state index contributed by atoms with van der Waals surface area (Å²) in [5, 5.41) is 0. The molecule has 1 aromatic carbocycles. The number of benzene rings is 1. The van der Waals surface area contributed by atoms with Crippen LogP contribution in [0.3, 0.4) is 0 Å². The highest BCUT2D eigenvalue weighted by atomic mass is 16.1. The molecule has 2 rings (SSSR count). The molecule has 0 saturated carbocycles. The van der Waals surface area contributed by atoms with E-state index in [9.17, 15) is 19.2 Å². The molecular formula is C33H50O4. The lowest BCUT2D eigenvalue weighted by Crippen LogP contribution is -2.30. The molecule has 1 aromatic rings. The minimum Gasteiger partial charge on any atom is -0.300 e. The molecule has 0 aliphatic heterocycles. The van der Waals surface area contributed by atoms with Crippen molar-refractivity contribution in [3.05, 3.63) is 33.9 Å². The van der Waals surface area contributed by atoms with Crippen LogP contribution >= 0.6 is 0 Å². The molecule has 4 heteroatoms. The van der Waals surface area contributed by atoms with Crippen LogP contribution in [-0.2, 0) is 27.2 Å². The van der Waals surface area contributed by atoms with Crippen LogP contribution in [0.2, 0.25) is 0 Å².